The Bertz CT molecular complexity index is 972. The van der Waals surface area contributed by atoms with Crippen LogP contribution in [0.5, 0.6) is 11.5 Å². The smallest absolute Gasteiger partial charge is 0.312 e. The van der Waals surface area contributed by atoms with E-state index >= 15 is 0 Å². The minimum Gasteiger partial charge on any atom is -0.494 e. The normalized spacial score (nSPS) is 18.2. The third-order valence-corrected chi connectivity index (χ3v) is 5.01. The van der Waals surface area contributed by atoms with E-state index in [1.165, 1.54) is 0 Å². The van der Waals surface area contributed by atoms with Crippen molar-refractivity contribution in [1.82, 2.24) is 9.78 Å². The zero-order chi connectivity index (χ0) is 20.8. The number of carbonyl (C=O) groups is 1. The van der Waals surface area contributed by atoms with Crippen molar-refractivity contribution in [2.75, 3.05) is 26.9 Å². The number of nitrogens with zero attached hydrogens (tertiary/aromatic N) is 2. The molecular weight excluding hydrogens is 384 g/mol. The lowest BCUT2D eigenvalue weighted by molar-refractivity contribution is -0.151. The Morgan fingerprint density at radius 1 is 1.10 bits per heavy atom. The highest BCUT2D eigenvalue weighted by atomic mass is 16.6. The molecule has 7 nitrogen and oxygen atoms in total. The summed E-state index contributed by atoms with van der Waals surface area (Å²) in [6.45, 7) is 0.970. The van der Waals surface area contributed by atoms with E-state index in [1.54, 1.807) is 18.0 Å². The highest BCUT2D eigenvalue weighted by molar-refractivity contribution is 5.73. The van der Waals surface area contributed by atoms with Gasteiger partial charge in [0.2, 0.25) is 0 Å². The highest BCUT2D eigenvalue weighted by Crippen LogP contribution is 2.37. The number of para-hydroxylation sites is 3. The predicted octanol–water partition coefficient (Wildman–Crippen LogP) is 3.58. The van der Waals surface area contributed by atoms with Gasteiger partial charge in [-0.05, 0) is 36.8 Å². The molecule has 156 valence electrons. The third kappa shape index (κ3) is 4.31. The number of benzene rings is 2. The fourth-order valence-corrected chi connectivity index (χ4v) is 3.58. The first kappa shape index (κ1) is 20.0. The van der Waals surface area contributed by atoms with Crippen molar-refractivity contribution in [2.24, 2.45) is 5.92 Å². The molecule has 0 spiro atoms. The summed E-state index contributed by atoms with van der Waals surface area (Å²) >= 11 is 0. The Morgan fingerprint density at radius 2 is 1.90 bits per heavy atom. The summed E-state index contributed by atoms with van der Waals surface area (Å²) in [7, 11) is 1.62. The van der Waals surface area contributed by atoms with Crippen LogP contribution in [0.25, 0.3) is 5.69 Å². The molecule has 0 N–H and O–H groups in total. The van der Waals surface area contributed by atoms with Gasteiger partial charge in [-0.1, -0.05) is 30.3 Å². The highest BCUT2D eigenvalue weighted by Gasteiger charge is 2.38. The molecule has 1 saturated heterocycles. The molecular formula is C23H24N2O5. The van der Waals surface area contributed by atoms with Crippen LogP contribution in [0.3, 0.4) is 0 Å². The third-order valence-electron chi connectivity index (χ3n) is 5.01. The zero-order valence-electron chi connectivity index (χ0n) is 16.8. The second kappa shape index (κ2) is 9.45. The Kier molecular flexibility index (Phi) is 6.29. The van der Waals surface area contributed by atoms with Crippen molar-refractivity contribution >= 4 is 5.97 Å². The number of rotatable bonds is 8. The van der Waals surface area contributed by atoms with E-state index in [0.29, 0.717) is 25.4 Å². The molecule has 30 heavy (non-hydrogen) atoms. The molecule has 0 aliphatic carbocycles. The van der Waals surface area contributed by atoms with Crippen LogP contribution >= 0.6 is 0 Å². The van der Waals surface area contributed by atoms with Crippen LogP contribution in [0.4, 0.5) is 0 Å². The van der Waals surface area contributed by atoms with E-state index in [9.17, 15) is 4.79 Å². The number of aromatic nitrogens is 2. The van der Waals surface area contributed by atoms with Gasteiger partial charge < -0.3 is 18.9 Å². The van der Waals surface area contributed by atoms with E-state index in [4.69, 9.17) is 18.9 Å². The second-order valence-corrected chi connectivity index (χ2v) is 6.86. The van der Waals surface area contributed by atoms with Crippen LogP contribution in [-0.2, 0) is 14.3 Å². The number of carbonyl (C=O) groups excluding carboxylic acids is 1. The molecule has 0 radical (unpaired) electrons. The van der Waals surface area contributed by atoms with E-state index in [2.05, 4.69) is 5.10 Å². The summed E-state index contributed by atoms with van der Waals surface area (Å²) < 4.78 is 24.2. The number of esters is 1. The van der Waals surface area contributed by atoms with E-state index in [0.717, 1.165) is 17.1 Å². The molecule has 2 aromatic carbocycles. The fraction of sp³-hybridized carbons (Fsp3) is 0.304. The van der Waals surface area contributed by atoms with Crippen LogP contribution < -0.4 is 9.47 Å². The van der Waals surface area contributed by atoms with Gasteiger partial charge in [0.05, 0.1) is 18.7 Å². The van der Waals surface area contributed by atoms with Gasteiger partial charge in [-0.3, -0.25) is 4.79 Å². The number of hydrogen-bond donors (Lipinski definition) is 0. The average Bonchev–Trinajstić information content (AvgIpc) is 3.46. The SMILES string of the molecule is COc1ccccc1-n1nccc1[C@@H]1OCC[C@H]1C(=O)OCCOc1ccccc1. The first-order valence-electron chi connectivity index (χ1n) is 9.91. The Hall–Kier alpha value is -3.32. The molecule has 1 aliphatic heterocycles. The molecule has 2 heterocycles. The molecule has 0 unspecified atom stereocenters. The molecule has 3 aromatic rings. The van der Waals surface area contributed by atoms with Crippen LogP contribution in [-0.4, -0.2) is 42.7 Å². The first-order chi connectivity index (χ1) is 14.8. The lowest BCUT2D eigenvalue weighted by atomic mass is 9.99. The Morgan fingerprint density at radius 3 is 2.73 bits per heavy atom. The first-order valence-corrected chi connectivity index (χ1v) is 9.91. The number of hydrogen-bond acceptors (Lipinski definition) is 6. The van der Waals surface area contributed by atoms with Gasteiger partial charge in [0.1, 0.15) is 36.5 Å². The minimum absolute atomic E-state index is 0.183. The topological polar surface area (TPSA) is 71.8 Å². The van der Waals surface area contributed by atoms with Gasteiger partial charge >= 0.3 is 5.97 Å². The standard InChI is InChI=1S/C23H24N2O5/c1-27-21-10-6-5-9-19(21)25-20(11-13-24-25)22-18(12-14-29-22)23(26)30-16-15-28-17-7-3-2-4-8-17/h2-11,13,18,22H,12,14-16H2,1H3/t18-,22-/m1/s1. The fourth-order valence-electron chi connectivity index (χ4n) is 3.58. The summed E-state index contributed by atoms with van der Waals surface area (Å²) in [5, 5.41) is 4.43. The summed E-state index contributed by atoms with van der Waals surface area (Å²) in [5.74, 6) is 0.753. The number of methoxy groups -OCH3 is 1. The van der Waals surface area contributed by atoms with E-state index in [-0.39, 0.29) is 12.6 Å². The molecule has 1 aliphatic rings. The summed E-state index contributed by atoms with van der Waals surface area (Å²) in [4.78, 5) is 12.7. The van der Waals surface area contributed by atoms with Crippen molar-refractivity contribution in [3.05, 3.63) is 72.6 Å². The molecule has 0 amide bonds. The summed E-state index contributed by atoms with van der Waals surface area (Å²) in [6.07, 6.45) is 1.86. The van der Waals surface area contributed by atoms with Crippen LogP contribution in [0.1, 0.15) is 18.2 Å². The lowest BCUT2D eigenvalue weighted by Crippen LogP contribution is -2.24. The molecule has 7 heteroatoms. The molecule has 1 aromatic heterocycles. The quantitative estimate of drug-likeness (QED) is 0.419. The second-order valence-electron chi connectivity index (χ2n) is 6.86. The van der Waals surface area contributed by atoms with Gasteiger partial charge in [-0.15, -0.1) is 0 Å². The van der Waals surface area contributed by atoms with Crippen molar-refractivity contribution in [2.45, 2.75) is 12.5 Å². The van der Waals surface area contributed by atoms with Gasteiger partial charge in [-0.25, -0.2) is 4.68 Å². The molecule has 0 bridgehead atoms. The summed E-state index contributed by atoms with van der Waals surface area (Å²) in [6, 6.07) is 18.9. The van der Waals surface area contributed by atoms with Crippen LogP contribution in [0.2, 0.25) is 0 Å². The molecule has 0 saturated carbocycles. The van der Waals surface area contributed by atoms with E-state index in [1.807, 2.05) is 60.7 Å². The summed E-state index contributed by atoms with van der Waals surface area (Å²) in [5.41, 5.74) is 1.58. The largest absolute Gasteiger partial charge is 0.494 e. The minimum atomic E-state index is -0.431. The lowest BCUT2D eigenvalue weighted by Gasteiger charge is -2.20. The molecule has 4 rings (SSSR count). The van der Waals surface area contributed by atoms with Gasteiger partial charge in [0.25, 0.3) is 0 Å². The monoisotopic (exact) mass is 408 g/mol. The molecule has 1 fully saturated rings. The predicted molar refractivity (Wildman–Crippen MR) is 110 cm³/mol. The van der Waals surface area contributed by atoms with Crippen molar-refractivity contribution in [3.8, 4) is 17.2 Å². The van der Waals surface area contributed by atoms with Crippen molar-refractivity contribution < 1.29 is 23.7 Å². The maximum atomic E-state index is 12.7. The van der Waals surface area contributed by atoms with Crippen LogP contribution in [0, 0.1) is 5.92 Å². The van der Waals surface area contributed by atoms with Crippen molar-refractivity contribution in [1.29, 1.82) is 0 Å². The van der Waals surface area contributed by atoms with Gasteiger partial charge in [0, 0.05) is 12.8 Å². The maximum Gasteiger partial charge on any atom is 0.312 e. The zero-order valence-corrected chi connectivity index (χ0v) is 16.8. The van der Waals surface area contributed by atoms with E-state index < -0.39 is 12.0 Å². The maximum absolute atomic E-state index is 12.7. The van der Waals surface area contributed by atoms with Gasteiger partial charge in [0.15, 0.2) is 0 Å². The number of ether oxygens (including phenoxy) is 4. The van der Waals surface area contributed by atoms with Crippen molar-refractivity contribution in [3.63, 3.8) is 0 Å². The Labute approximate surface area is 175 Å². The Balaban J connectivity index is 1.42. The van der Waals surface area contributed by atoms with Gasteiger partial charge in [-0.2, -0.15) is 5.10 Å². The average molecular weight is 408 g/mol. The molecule has 2 atom stereocenters. The van der Waals surface area contributed by atoms with Crippen LogP contribution in [0.15, 0.2) is 66.9 Å².